The number of halogens is 1. The van der Waals surface area contributed by atoms with Crippen molar-refractivity contribution in [2.45, 2.75) is 13.3 Å². The SMILES string of the molecule is Cc1cc(F)c(N2CCC(=O)NC2=O)cc1N. The zero-order valence-electron chi connectivity index (χ0n) is 9.29. The Labute approximate surface area is 97.4 Å². The highest BCUT2D eigenvalue weighted by Gasteiger charge is 2.26. The van der Waals surface area contributed by atoms with Crippen LogP contribution in [0.5, 0.6) is 0 Å². The van der Waals surface area contributed by atoms with Gasteiger partial charge in [0.2, 0.25) is 5.91 Å². The summed E-state index contributed by atoms with van der Waals surface area (Å²) < 4.78 is 13.7. The van der Waals surface area contributed by atoms with Crippen molar-refractivity contribution in [3.8, 4) is 0 Å². The van der Waals surface area contributed by atoms with Gasteiger partial charge in [0.1, 0.15) is 5.82 Å². The summed E-state index contributed by atoms with van der Waals surface area (Å²) in [5, 5.41) is 2.13. The molecule has 5 nitrogen and oxygen atoms in total. The van der Waals surface area contributed by atoms with Crippen LogP contribution in [-0.4, -0.2) is 18.5 Å². The topological polar surface area (TPSA) is 75.4 Å². The predicted octanol–water partition coefficient (Wildman–Crippen LogP) is 1.16. The number of carbonyl (C=O) groups excluding carboxylic acids is 2. The molecule has 2 rings (SSSR count). The van der Waals surface area contributed by atoms with Crippen LogP contribution in [0.3, 0.4) is 0 Å². The minimum absolute atomic E-state index is 0.0955. The molecule has 3 N–H and O–H groups in total. The van der Waals surface area contributed by atoms with E-state index >= 15 is 0 Å². The lowest BCUT2D eigenvalue weighted by Gasteiger charge is -2.27. The quantitative estimate of drug-likeness (QED) is 0.720. The number of nitrogens with one attached hydrogen (secondary N) is 1. The Hall–Kier alpha value is -2.11. The third kappa shape index (κ3) is 2.06. The Morgan fingerprint density at radius 1 is 1.41 bits per heavy atom. The summed E-state index contributed by atoms with van der Waals surface area (Å²) in [4.78, 5) is 23.7. The molecule has 1 aliphatic heterocycles. The monoisotopic (exact) mass is 237 g/mol. The average molecular weight is 237 g/mol. The number of nitrogens with zero attached hydrogens (tertiary/aromatic N) is 1. The third-order valence-electron chi connectivity index (χ3n) is 2.68. The molecule has 0 unspecified atom stereocenters. The normalized spacial score (nSPS) is 16.0. The Bertz CT molecular complexity index is 502. The van der Waals surface area contributed by atoms with Gasteiger partial charge in [-0.2, -0.15) is 0 Å². The highest BCUT2D eigenvalue weighted by atomic mass is 19.1. The van der Waals surface area contributed by atoms with Crippen LogP contribution in [0.1, 0.15) is 12.0 Å². The number of aryl methyl sites for hydroxylation is 1. The number of nitrogen functional groups attached to an aromatic ring is 1. The second kappa shape index (κ2) is 4.04. The molecule has 6 heteroatoms. The van der Waals surface area contributed by atoms with Crippen LogP contribution < -0.4 is 16.0 Å². The largest absolute Gasteiger partial charge is 0.398 e. The van der Waals surface area contributed by atoms with Crippen molar-refractivity contribution in [1.29, 1.82) is 0 Å². The van der Waals surface area contributed by atoms with Crippen LogP contribution in [0.2, 0.25) is 0 Å². The van der Waals surface area contributed by atoms with Crippen molar-refractivity contribution < 1.29 is 14.0 Å². The van der Waals surface area contributed by atoms with E-state index in [0.717, 1.165) is 0 Å². The molecule has 90 valence electrons. The van der Waals surface area contributed by atoms with Gasteiger partial charge in [0.15, 0.2) is 0 Å². The standard InChI is InChI=1S/C11H12FN3O2/c1-6-4-7(12)9(5-8(6)13)15-3-2-10(16)14-11(15)17/h4-5H,2-3,13H2,1H3,(H,14,16,17). The van der Waals surface area contributed by atoms with E-state index in [2.05, 4.69) is 5.32 Å². The number of carbonyl (C=O) groups is 2. The minimum atomic E-state index is -0.622. The highest BCUT2D eigenvalue weighted by Crippen LogP contribution is 2.26. The Morgan fingerprint density at radius 2 is 2.12 bits per heavy atom. The first kappa shape index (κ1) is 11.4. The Kier molecular flexibility index (Phi) is 2.71. The summed E-state index contributed by atoms with van der Waals surface area (Å²) in [5.41, 5.74) is 6.79. The zero-order chi connectivity index (χ0) is 12.6. The van der Waals surface area contributed by atoms with Crippen molar-refractivity contribution in [2.24, 2.45) is 0 Å². The third-order valence-corrected chi connectivity index (χ3v) is 2.68. The van der Waals surface area contributed by atoms with Crippen LogP contribution in [-0.2, 0) is 4.79 Å². The van der Waals surface area contributed by atoms with Gasteiger partial charge >= 0.3 is 6.03 Å². The molecule has 0 radical (unpaired) electrons. The summed E-state index contributed by atoms with van der Waals surface area (Å²) in [5.74, 6) is -0.882. The fourth-order valence-electron chi connectivity index (χ4n) is 1.68. The van der Waals surface area contributed by atoms with Gasteiger partial charge in [0.25, 0.3) is 0 Å². The van der Waals surface area contributed by atoms with E-state index < -0.39 is 11.8 Å². The number of amides is 3. The van der Waals surface area contributed by atoms with Crippen molar-refractivity contribution in [3.63, 3.8) is 0 Å². The molecule has 0 atom stereocenters. The number of rotatable bonds is 1. The summed E-state index contributed by atoms with van der Waals surface area (Å²) in [6.07, 6.45) is 0.152. The van der Waals surface area contributed by atoms with E-state index in [1.54, 1.807) is 6.92 Å². The van der Waals surface area contributed by atoms with Gasteiger partial charge in [-0.25, -0.2) is 9.18 Å². The van der Waals surface area contributed by atoms with Crippen LogP contribution in [0.15, 0.2) is 12.1 Å². The van der Waals surface area contributed by atoms with Crippen LogP contribution in [0.25, 0.3) is 0 Å². The van der Waals surface area contributed by atoms with Crippen molar-refractivity contribution in [3.05, 3.63) is 23.5 Å². The summed E-state index contributed by atoms with van der Waals surface area (Å²) in [6.45, 7) is 1.84. The number of urea groups is 1. The number of hydrogen-bond donors (Lipinski definition) is 2. The van der Waals surface area contributed by atoms with E-state index in [1.165, 1.54) is 17.0 Å². The van der Waals surface area contributed by atoms with Crippen molar-refractivity contribution >= 4 is 23.3 Å². The molecule has 0 saturated carbocycles. The molecular formula is C11H12FN3O2. The molecule has 1 aromatic rings. The summed E-state index contributed by atoms with van der Waals surface area (Å²) in [7, 11) is 0. The lowest BCUT2D eigenvalue weighted by molar-refractivity contribution is -0.120. The molecule has 1 heterocycles. The van der Waals surface area contributed by atoms with E-state index in [-0.39, 0.29) is 24.6 Å². The van der Waals surface area contributed by atoms with Crippen molar-refractivity contribution in [1.82, 2.24) is 5.32 Å². The van der Waals surface area contributed by atoms with E-state index in [0.29, 0.717) is 11.3 Å². The van der Waals surface area contributed by atoms with Gasteiger partial charge in [-0.1, -0.05) is 0 Å². The zero-order valence-corrected chi connectivity index (χ0v) is 9.29. The minimum Gasteiger partial charge on any atom is -0.398 e. The Morgan fingerprint density at radius 3 is 2.76 bits per heavy atom. The molecule has 0 spiro atoms. The second-order valence-electron chi connectivity index (χ2n) is 3.92. The maximum absolute atomic E-state index is 13.7. The van der Waals surface area contributed by atoms with Gasteiger partial charge < -0.3 is 5.73 Å². The molecule has 1 saturated heterocycles. The van der Waals surface area contributed by atoms with Gasteiger partial charge in [0, 0.05) is 18.7 Å². The molecule has 0 aliphatic carbocycles. The van der Waals surface area contributed by atoms with E-state index in [1.807, 2.05) is 0 Å². The van der Waals surface area contributed by atoms with Gasteiger partial charge in [-0.05, 0) is 24.6 Å². The molecule has 17 heavy (non-hydrogen) atoms. The second-order valence-corrected chi connectivity index (χ2v) is 3.92. The van der Waals surface area contributed by atoms with Gasteiger partial charge in [-0.3, -0.25) is 15.0 Å². The molecule has 1 fully saturated rings. The Balaban J connectivity index is 2.37. The lowest BCUT2D eigenvalue weighted by atomic mass is 10.1. The van der Waals surface area contributed by atoms with Crippen LogP contribution in [0.4, 0.5) is 20.6 Å². The number of anilines is 2. The predicted molar refractivity (Wildman–Crippen MR) is 61.1 cm³/mol. The first-order valence-corrected chi connectivity index (χ1v) is 5.16. The molecule has 1 aromatic carbocycles. The van der Waals surface area contributed by atoms with Crippen LogP contribution in [0, 0.1) is 12.7 Å². The molecular weight excluding hydrogens is 225 g/mol. The smallest absolute Gasteiger partial charge is 0.328 e. The molecule has 3 amide bonds. The number of nitrogens with two attached hydrogens (primary N) is 1. The van der Waals surface area contributed by atoms with Gasteiger partial charge in [-0.15, -0.1) is 0 Å². The van der Waals surface area contributed by atoms with E-state index in [9.17, 15) is 14.0 Å². The van der Waals surface area contributed by atoms with Gasteiger partial charge in [0.05, 0.1) is 5.69 Å². The lowest BCUT2D eigenvalue weighted by Crippen LogP contribution is -2.49. The summed E-state index contributed by atoms with van der Waals surface area (Å²) in [6, 6.07) is 2.05. The first-order chi connectivity index (χ1) is 7.99. The first-order valence-electron chi connectivity index (χ1n) is 5.16. The number of hydrogen-bond acceptors (Lipinski definition) is 3. The molecule has 0 aromatic heterocycles. The maximum atomic E-state index is 13.7. The fourth-order valence-corrected chi connectivity index (χ4v) is 1.68. The molecule has 1 aliphatic rings. The average Bonchev–Trinajstić information content (AvgIpc) is 2.24. The molecule has 0 bridgehead atoms. The van der Waals surface area contributed by atoms with E-state index in [4.69, 9.17) is 5.73 Å². The number of benzene rings is 1. The maximum Gasteiger partial charge on any atom is 0.328 e. The summed E-state index contributed by atoms with van der Waals surface area (Å²) >= 11 is 0. The number of imide groups is 1. The van der Waals surface area contributed by atoms with Crippen molar-refractivity contribution in [2.75, 3.05) is 17.2 Å². The highest BCUT2D eigenvalue weighted by molar-refractivity contribution is 6.05. The fraction of sp³-hybridized carbons (Fsp3) is 0.273. The van der Waals surface area contributed by atoms with Crippen LogP contribution >= 0.6 is 0 Å².